The molecule has 0 saturated carbocycles. The van der Waals surface area contributed by atoms with Crippen molar-refractivity contribution in [3.05, 3.63) is 35.2 Å². The lowest BCUT2D eigenvalue weighted by Gasteiger charge is -2.30. The summed E-state index contributed by atoms with van der Waals surface area (Å²) in [5.74, 6) is 1.22. The minimum Gasteiger partial charge on any atom is -0.339 e. The molecule has 122 valence electrons. The summed E-state index contributed by atoms with van der Waals surface area (Å²) in [6.45, 7) is 3.91. The largest absolute Gasteiger partial charge is 0.339 e. The van der Waals surface area contributed by atoms with Crippen LogP contribution in [-0.2, 0) is 0 Å². The Hall–Kier alpha value is -2.08. The van der Waals surface area contributed by atoms with Gasteiger partial charge in [0.2, 0.25) is 11.7 Å². The third-order valence-corrected chi connectivity index (χ3v) is 4.18. The van der Waals surface area contributed by atoms with E-state index >= 15 is 0 Å². The maximum Gasteiger partial charge on any atom is 0.317 e. The lowest BCUT2D eigenvalue weighted by molar-refractivity contribution is 0.172. The van der Waals surface area contributed by atoms with Crippen LogP contribution in [-0.4, -0.2) is 40.7 Å². The number of piperidine rings is 1. The Bertz CT molecular complexity index is 671. The summed E-state index contributed by atoms with van der Waals surface area (Å²) < 4.78 is 5.42. The number of urea groups is 1. The van der Waals surface area contributed by atoms with E-state index in [1.165, 1.54) is 0 Å². The highest BCUT2D eigenvalue weighted by Crippen LogP contribution is 2.27. The average molecular weight is 335 g/mol. The molecule has 0 radical (unpaired) electrons. The summed E-state index contributed by atoms with van der Waals surface area (Å²) in [4.78, 5) is 18.3. The molecule has 0 spiro atoms. The number of carbonyl (C=O) groups excluding carboxylic acids is 1. The Morgan fingerprint density at radius 2 is 2.22 bits per heavy atom. The molecule has 2 heterocycles. The molecule has 1 aliphatic heterocycles. The van der Waals surface area contributed by atoms with Crippen LogP contribution in [0.25, 0.3) is 11.4 Å². The van der Waals surface area contributed by atoms with E-state index in [1.807, 2.05) is 24.0 Å². The quantitative estimate of drug-likeness (QED) is 0.934. The molecule has 7 heteroatoms. The monoisotopic (exact) mass is 334 g/mol. The number of amides is 2. The van der Waals surface area contributed by atoms with Crippen molar-refractivity contribution in [1.82, 2.24) is 20.4 Å². The highest BCUT2D eigenvalue weighted by molar-refractivity contribution is 6.30. The minimum atomic E-state index is -0.0327. The van der Waals surface area contributed by atoms with E-state index in [-0.39, 0.29) is 11.9 Å². The van der Waals surface area contributed by atoms with Gasteiger partial charge < -0.3 is 14.7 Å². The van der Waals surface area contributed by atoms with E-state index in [4.69, 9.17) is 16.1 Å². The number of nitrogens with one attached hydrogen (secondary N) is 1. The van der Waals surface area contributed by atoms with Crippen molar-refractivity contribution in [3.63, 3.8) is 0 Å². The fourth-order valence-corrected chi connectivity index (χ4v) is 2.87. The zero-order valence-electron chi connectivity index (χ0n) is 13.0. The molecular formula is C16H19ClN4O2. The molecule has 1 N–H and O–H groups in total. The Balaban J connectivity index is 1.72. The van der Waals surface area contributed by atoms with E-state index < -0.39 is 0 Å². The second-order valence-corrected chi connectivity index (χ2v) is 6.02. The minimum absolute atomic E-state index is 0.0327. The lowest BCUT2D eigenvalue weighted by atomic mass is 9.98. The highest BCUT2D eigenvalue weighted by atomic mass is 35.5. The number of aromatic nitrogens is 2. The normalized spacial score (nSPS) is 18.0. The van der Waals surface area contributed by atoms with Gasteiger partial charge in [-0.05, 0) is 44.0 Å². The summed E-state index contributed by atoms with van der Waals surface area (Å²) >= 11 is 5.89. The topological polar surface area (TPSA) is 71.3 Å². The number of rotatable bonds is 3. The molecule has 1 fully saturated rings. The first-order chi connectivity index (χ1) is 11.2. The van der Waals surface area contributed by atoms with Gasteiger partial charge in [0, 0.05) is 30.2 Å². The standard InChI is InChI=1S/C16H19ClN4O2/c1-2-18-16(22)21-9-3-4-12(10-21)15-19-14(20-23-15)11-5-7-13(17)8-6-11/h5-8,12H,2-4,9-10H2,1H3,(H,18,22)/t12-/m1/s1. The highest BCUT2D eigenvalue weighted by Gasteiger charge is 2.28. The summed E-state index contributed by atoms with van der Waals surface area (Å²) in [7, 11) is 0. The molecule has 2 aromatic rings. The zero-order chi connectivity index (χ0) is 16.2. The molecule has 0 unspecified atom stereocenters. The number of halogens is 1. The van der Waals surface area contributed by atoms with Crippen LogP contribution in [0.4, 0.5) is 4.79 Å². The van der Waals surface area contributed by atoms with Crippen molar-refractivity contribution in [3.8, 4) is 11.4 Å². The maximum absolute atomic E-state index is 12.0. The molecule has 1 aliphatic rings. The number of likely N-dealkylation sites (tertiary alicyclic amines) is 1. The van der Waals surface area contributed by atoms with Crippen LogP contribution in [0.3, 0.4) is 0 Å². The van der Waals surface area contributed by atoms with Gasteiger partial charge in [0.25, 0.3) is 0 Å². The molecule has 1 aromatic carbocycles. The lowest BCUT2D eigenvalue weighted by Crippen LogP contribution is -2.44. The van der Waals surface area contributed by atoms with Crippen LogP contribution in [0.2, 0.25) is 5.02 Å². The summed E-state index contributed by atoms with van der Waals surface area (Å²) in [5.41, 5.74) is 0.862. The van der Waals surface area contributed by atoms with Gasteiger partial charge in [-0.1, -0.05) is 16.8 Å². The van der Waals surface area contributed by atoms with Crippen LogP contribution in [0, 0.1) is 0 Å². The fraction of sp³-hybridized carbons (Fsp3) is 0.438. The van der Waals surface area contributed by atoms with Crippen LogP contribution in [0.15, 0.2) is 28.8 Å². The second-order valence-electron chi connectivity index (χ2n) is 5.58. The molecule has 2 amide bonds. The molecule has 0 aliphatic carbocycles. The first-order valence-electron chi connectivity index (χ1n) is 7.79. The summed E-state index contributed by atoms with van der Waals surface area (Å²) in [5, 5.41) is 7.55. The number of hydrogen-bond acceptors (Lipinski definition) is 4. The van der Waals surface area contributed by atoms with E-state index in [0.717, 1.165) is 24.9 Å². The average Bonchev–Trinajstić information content (AvgIpc) is 3.06. The SMILES string of the molecule is CCNC(=O)N1CCC[C@@H](c2nc(-c3ccc(Cl)cc3)no2)C1. The number of nitrogens with zero attached hydrogens (tertiary/aromatic N) is 3. The van der Waals surface area contributed by atoms with Gasteiger partial charge in [0.1, 0.15) is 0 Å². The molecule has 1 saturated heterocycles. The van der Waals surface area contributed by atoms with E-state index in [9.17, 15) is 4.79 Å². The smallest absolute Gasteiger partial charge is 0.317 e. The molecule has 3 rings (SSSR count). The number of carbonyl (C=O) groups is 1. The van der Waals surface area contributed by atoms with E-state index in [2.05, 4.69) is 15.5 Å². The predicted octanol–water partition coefficient (Wildman–Crippen LogP) is 3.30. The summed E-state index contributed by atoms with van der Waals surface area (Å²) in [6, 6.07) is 7.28. The van der Waals surface area contributed by atoms with Gasteiger partial charge in [0.15, 0.2) is 0 Å². The fourth-order valence-electron chi connectivity index (χ4n) is 2.74. The van der Waals surface area contributed by atoms with Crippen molar-refractivity contribution >= 4 is 17.6 Å². The van der Waals surface area contributed by atoms with Crippen molar-refractivity contribution in [1.29, 1.82) is 0 Å². The number of hydrogen-bond donors (Lipinski definition) is 1. The first kappa shape index (κ1) is 15.8. The van der Waals surface area contributed by atoms with Crippen LogP contribution >= 0.6 is 11.6 Å². The van der Waals surface area contributed by atoms with Gasteiger partial charge in [-0.15, -0.1) is 0 Å². The Labute approximate surface area is 139 Å². The molecule has 1 aromatic heterocycles. The van der Waals surface area contributed by atoms with Gasteiger partial charge in [0.05, 0.1) is 5.92 Å². The van der Waals surface area contributed by atoms with Crippen molar-refractivity contribution in [2.45, 2.75) is 25.7 Å². The van der Waals surface area contributed by atoms with Gasteiger partial charge in [-0.3, -0.25) is 0 Å². The van der Waals surface area contributed by atoms with Gasteiger partial charge >= 0.3 is 6.03 Å². The van der Waals surface area contributed by atoms with Gasteiger partial charge in [-0.2, -0.15) is 4.98 Å². The number of benzene rings is 1. The Morgan fingerprint density at radius 3 is 2.96 bits per heavy atom. The second kappa shape index (κ2) is 7.00. The van der Waals surface area contributed by atoms with Crippen molar-refractivity contribution < 1.29 is 9.32 Å². The third kappa shape index (κ3) is 3.64. The molecule has 6 nitrogen and oxygen atoms in total. The predicted molar refractivity (Wildman–Crippen MR) is 87.4 cm³/mol. The van der Waals surface area contributed by atoms with E-state index in [0.29, 0.717) is 29.8 Å². The summed E-state index contributed by atoms with van der Waals surface area (Å²) in [6.07, 6.45) is 1.87. The zero-order valence-corrected chi connectivity index (χ0v) is 13.7. The van der Waals surface area contributed by atoms with E-state index in [1.54, 1.807) is 12.1 Å². The molecular weight excluding hydrogens is 316 g/mol. The first-order valence-corrected chi connectivity index (χ1v) is 8.17. The van der Waals surface area contributed by atoms with Gasteiger partial charge in [-0.25, -0.2) is 4.79 Å². The van der Waals surface area contributed by atoms with Crippen LogP contribution < -0.4 is 5.32 Å². The third-order valence-electron chi connectivity index (χ3n) is 3.93. The molecule has 1 atom stereocenters. The Morgan fingerprint density at radius 1 is 1.43 bits per heavy atom. The van der Waals surface area contributed by atoms with Crippen LogP contribution in [0.1, 0.15) is 31.6 Å². The molecule has 0 bridgehead atoms. The van der Waals surface area contributed by atoms with Crippen LogP contribution in [0.5, 0.6) is 0 Å². The maximum atomic E-state index is 12.0. The van der Waals surface area contributed by atoms with Crippen molar-refractivity contribution in [2.24, 2.45) is 0 Å². The Kier molecular flexibility index (Phi) is 4.81. The molecule has 23 heavy (non-hydrogen) atoms. The van der Waals surface area contributed by atoms with Crippen molar-refractivity contribution in [2.75, 3.05) is 19.6 Å².